The second kappa shape index (κ2) is 8.74. The van der Waals surface area contributed by atoms with Gasteiger partial charge in [-0.1, -0.05) is 60.7 Å². The first-order chi connectivity index (χ1) is 14.7. The minimum Gasteiger partial charge on any atom is -0.453 e. The Hall–Kier alpha value is -4.39. The molecule has 0 spiro atoms. The van der Waals surface area contributed by atoms with Gasteiger partial charge in [-0.15, -0.1) is 0 Å². The predicted octanol–water partition coefficient (Wildman–Crippen LogP) is 5.35. The second-order valence-electron chi connectivity index (χ2n) is 6.25. The molecule has 0 saturated heterocycles. The molecule has 0 fully saturated rings. The van der Waals surface area contributed by atoms with Crippen molar-refractivity contribution in [1.29, 1.82) is 0 Å². The molecular weight excluding hydrogens is 380 g/mol. The van der Waals surface area contributed by atoms with E-state index >= 15 is 0 Å². The lowest BCUT2D eigenvalue weighted by atomic mass is 10.0. The Labute approximate surface area is 172 Å². The highest BCUT2D eigenvalue weighted by atomic mass is 16.6. The summed E-state index contributed by atoms with van der Waals surface area (Å²) in [4.78, 5) is 23.0. The van der Waals surface area contributed by atoms with E-state index in [1.54, 1.807) is 18.3 Å². The number of aliphatic imine (C=N–C) groups is 1. The Morgan fingerprint density at radius 2 is 1.50 bits per heavy atom. The van der Waals surface area contributed by atoms with Gasteiger partial charge in [-0.3, -0.25) is 0 Å². The normalized spacial score (nSPS) is 10.3. The minimum absolute atomic E-state index is 0.238. The van der Waals surface area contributed by atoms with Crippen LogP contribution in [0.25, 0.3) is 0 Å². The molecule has 30 heavy (non-hydrogen) atoms. The molecule has 0 saturated carbocycles. The summed E-state index contributed by atoms with van der Waals surface area (Å²) in [5.74, 6) is 1.12. The lowest BCUT2D eigenvalue weighted by Crippen LogP contribution is -2.02. The van der Waals surface area contributed by atoms with E-state index in [4.69, 9.17) is 9.73 Å². The topological polar surface area (TPSA) is 90.5 Å². The van der Waals surface area contributed by atoms with Gasteiger partial charge >= 0.3 is 5.82 Å². The van der Waals surface area contributed by atoms with Crippen LogP contribution in [0.15, 0.2) is 102 Å². The summed E-state index contributed by atoms with van der Waals surface area (Å²) in [6.07, 6.45) is 2.90. The van der Waals surface area contributed by atoms with E-state index in [2.05, 4.69) is 9.97 Å². The van der Waals surface area contributed by atoms with Crippen LogP contribution in [0.4, 0.5) is 11.6 Å². The molecule has 0 atom stereocenters. The van der Waals surface area contributed by atoms with Crippen molar-refractivity contribution in [2.45, 2.75) is 0 Å². The van der Waals surface area contributed by atoms with E-state index < -0.39 is 4.92 Å². The number of rotatable bonds is 6. The second-order valence-corrected chi connectivity index (χ2v) is 6.25. The van der Waals surface area contributed by atoms with Crippen LogP contribution in [0, 0.1) is 10.1 Å². The Morgan fingerprint density at radius 3 is 2.07 bits per heavy atom. The summed E-state index contributed by atoms with van der Waals surface area (Å²) in [6, 6.07) is 25.9. The van der Waals surface area contributed by atoms with Crippen molar-refractivity contribution in [2.75, 3.05) is 0 Å². The standard InChI is InChI=1S/C23H16N4O3/c28-27(29)22-12-11-20(16-25-22)30-19-13-14-24-21(15-19)26-23(17-7-3-1-4-8-17)18-9-5-2-6-10-18/h1-16H. The van der Waals surface area contributed by atoms with Crippen LogP contribution in [0.1, 0.15) is 11.1 Å². The van der Waals surface area contributed by atoms with Gasteiger partial charge in [0, 0.05) is 29.5 Å². The van der Waals surface area contributed by atoms with Crippen molar-refractivity contribution in [3.05, 3.63) is 119 Å². The van der Waals surface area contributed by atoms with Crippen LogP contribution in [0.2, 0.25) is 0 Å². The smallest absolute Gasteiger partial charge is 0.363 e. The van der Waals surface area contributed by atoms with E-state index in [1.807, 2.05) is 60.7 Å². The molecule has 0 aliphatic rings. The maximum atomic E-state index is 10.7. The molecule has 0 bridgehead atoms. The Morgan fingerprint density at radius 1 is 0.833 bits per heavy atom. The van der Waals surface area contributed by atoms with Gasteiger partial charge in [0.25, 0.3) is 0 Å². The molecule has 2 aromatic carbocycles. The maximum Gasteiger partial charge on any atom is 0.363 e. The molecule has 0 aliphatic heterocycles. The molecule has 7 nitrogen and oxygen atoms in total. The van der Waals surface area contributed by atoms with Crippen molar-refractivity contribution in [1.82, 2.24) is 9.97 Å². The van der Waals surface area contributed by atoms with Crippen LogP contribution in [-0.2, 0) is 0 Å². The average Bonchev–Trinajstić information content (AvgIpc) is 2.79. The van der Waals surface area contributed by atoms with Crippen molar-refractivity contribution in [3.8, 4) is 11.5 Å². The number of benzene rings is 2. The van der Waals surface area contributed by atoms with Gasteiger partial charge in [0.1, 0.15) is 5.75 Å². The molecule has 0 aliphatic carbocycles. The maximum absolute atomic E-state index is 10.7. The molecule has 2 aromatic heterocycles. The molecule has 0 unspecified atom stereocenters. The first kappa shape index (κ1) is 18.9. The summed E-state index contributed by atoms with van der Waals surface area (Å²) in [5, 5.41) is 10.7. The zero-order valence-electron chi connectivity index (χ0n) is 15.8. The molecule has 0 radical (unpaired) electrons. The van der Waals surface area contributed by atoms with Crippen LogP contribution in [0.5, 0.6) is 11.5 Å². The van der Waals surface area contributed by atoms with Crippen molar-refractivity contribution < 1.29 is 9.66 Å². The largest absolute Gasteiger partial charge is 0.453 e. The number of ether oxygens (including phenoxy) is 1. The SMILES string of the molecule is O=[N+]([O-])c1ccc(Oc2ccnc(N=C(c3ccccc3)c3ccccc3)c2)cn1. The molecule has 146 valence electrons. The number of hydrogen-bond acceptors (Lipinski definition) is 6. The molecule has 4 rings (SSSR count). The van der Waals surface area contributed by atoms with Crippen LogP contribution < -0.4 is 4.74 Å². The third-order valence-electron chi connectivity index (χ3n) is 4.18. The first-order valence-corrected chi connectivity index (χ1v) is 9.13. The summed E-state index contributed by atoms with van der Waals surface area (Å²) in [6.45, 7) is 0. The number of aromatic nitrogens is 2. The van der Waals surface area contributed by atoms with Gasteiger partial charge < -0.3 is 14.9 Å². The van der Waals surface area contributed by atoms with Gasteiger partial charge in [-0.25, -0.2) is 9.98 Å². The zero-order chi connectivity index (χ0) is 20.8. The monoisotopic (exact) mass is 396 g/mol. The van der Waals surface area contributed by atoms with Gasteiger partial charge in [0.2, 0.25) is 0 Å². The highest BCUT2D eigenvalue weighted by molar-refractivity contribution is 6.13. The summed E-state index contributed by atoms with van der Waals surface area (Å²) >= 11 is 0. The summed E-state index contributed by atoms with van der Waals surface area (Å²) < 4.78 is 5.75. The van der Waals surface area contributed by atoms with Crippen LogP contribution in [-0.4, -0.2) is 20.6 Å². The predicted molar refractivity (Wildman–Crippen MR) is 113 cm³/mol. The molecule has 7 heteroatoms. The van der Waals surface area contributed by atoms with E-state index in [0.29, 0.717) is 17.3 Å². The lowest BCUT2D eigenvalue weighted by molar-refractivity contribution is -0.389. The van der Waals surface area contributed by atoms with Crippen molar-refractivity contribution in [2.24, 2.45) is 4.99 Å². The fraction of sp³-hybridized carbons (Fsp3) is 0. The fourth-order valence-corrected chi connectivity index (χ4v) is 2.80. The zero-order valence-corrected chi connectivity index (χ0v) is 15.8. The molecule has 4 aromatic rings. The quantitative estimate of drug-likeness (QED) is 0.249. The first-order valence-electron chi connectivity index (χ1n) is 9.13. The van der Waals surface area contributed by atoms with Crippen LogP contribution >= 0.6 is 0 Å². The van der Waals surface area contributed by atoms with Crippen molar-refractivity contribution >= 4 is 17.3 Å². The minimum atomic E-state index is -0.558. The average molecular weight is 396 g/mol. The van der Waals surface area contributed by atoms with E-state index in [9.17, 15) is 10.1 Å². The van der Waals surface area contributed by atoms with Gasteiger partial charge in [0.05, 0.1) is 5.71 Å². The summed E-state index contributed by atoms with van der Waals surface area (Å²) in [7, 11) is 0. The number of nitro groups is 1. The molecular formula is C23H16N4O3. The Balaban J connectivity index is 1.66. The lowest BCUT2D eigenvalue weighted by Gasteiger charge is -2.08. The summed E-state index contributed by atoms with van der Waals surface area (Å²) in [5.41, 5.74) is 2.73. The molecule has 0 N–H and O–H groups in total. The van der Waals surface area contributed by atoms with Crippen molar-refractivity contribution in [3.63, 3.8) is 0 Å². The number of pyridine rings is 2. The van der Waals surface area contributed by atoms with Gasteiger partial charge in [-0.05, 0) is 22.0 Å². The third-order valence-corrected chi connectivity index (χ3v) is 4.18. The highest BCUT2D eigenvalue weighted by Crippen LogP contribution is 2.25. The Kier molecular flexibility index (Phi) is 5.52. The van der Waals surface area contributed by atoms with Crippen LogP contribution in [0.3, 0.4) is 0 Å². The fourth-order valence-electron chi connectivity index (χ4n) is 2.80. The van der Waals surface area contributed by atoms with E-state index in [1.165, 1.54) is 18.3 Å². The number of nitrogens with zero attached hydrogens (tertiary/aromatic N) is 4. The number of hydrogen-bond donors (Lipinski definition) is 0. The third kappa shape index (κ3) is 4.53. The highest BCUT2D eigenvalue weighted by Gasteiger charge is 2.10. The van der Waals surface area contributed by atoms with Gasteiger partial charge in [0.15, 0.2) is 17.8 Å². The Bertz CT molecular complexity index is 1140. The van der Waals surface area contributed by atoms with E-state index in [-0.39, 0.29) is 5.82 Å². The van der Waals surface area contributed by atoms with E-state index in [0.717, 1.165) is 16.8 Å². The molecule has 0 amide bonds. The molecule has 2 heterocycles. The van der Waals surface area contributed by atoms with Gasteiger partial charge in [-0.2, -0.15) is 0 Å².